The first kappa shape index (κ1) is 10.8. The topological polar surface area (TPSA) is 17.1 Å². The standard InChI is InChI=1S/C15H24O/c1-15(12-5-3-2-4-6-12)10-11-9-13(16)7-8-14(11)15/h11-12,14H,2-10H2,1H3. The first-order valence-corrected chi connectivity index (χ1v) is 7.22. The van der Waals surface area contributed by atoms with Crippen LogP contribution in [0, 0.1) is 23.2 Å². The molecule has 0 aromatic rings. The molecule has 3 fully saturated rings. The van der Waals surface area contributed by atoms with Gasteiger partial charge < -0.3 is 0 Å². The van der Waals surface area contributed by atoms with Crippen molar-refractivity contribution in [3.05, 3.63) is 0 Å². The Bertz CT molecular complexity index is 290. The number of rotatable bonds is 1. The Hall–Kier alpha value is -0.330. The highest BCUT2D eigenvalue weighted by atomic mass is 16.1. The molecule has 1 nitrogen and oxygen atoms in total. The summed E-state index contributed by atoms with van der Waals surface area (Å²) >= 11 is 0. The molecule has 0 heterocycles. The number of hydrogen-bond donors (Lipinski definition) is 0. The van der Waals surface area contributed by atoms with Crippen LogP contribution in [0.2, 0.25) is 0 Å². The van der Waals surface area contributed by atoms with Crippen LogP contribution in [0.5, 0.6) is 0 Å². The van der Waals surface area contributed by atoms with Gasteiger partial charge in [-0.25, -0.2) is 0 Å². The van der Waals surface area contributed by atoms with Crippen molar-refractivity contribution in [3.63, 3.8) is 0 Å². The van der Waals surface area contributed by atoms with Crippen molar-refractivity contribution in [1.29, 1.82) is 0 Å². The Balaban J connectivity index is 1.69. The van der Waals surface area contributed by atoms with Crippen LogP contribution in [0.1, 0.15) is 64.7 Å². The first-order valence-electron chi connectivity index (χ1n) is 7.22. The quantitative estimate of drug-likeness (QED) is 0.653. The van der Waals surface area contributed by atoms with E-state index in [9.17, 15) is 4.79 Å². The van der Waals surface area contributed by atoms with Gasteiger partial charge in [0.25, 0.3) is 0 Å². The minimum Gasteiger partial charge on any atom is -0.300 e. The van der Waals surface area contributed by atoms with E-state index < -0.39 is 0 Å². The molecule has 3 rings (SSSR count). The lowest BCUT2D eigenvalue weighted by Gasteiger charge is -2.60. The summed E-state index contributed by atoms with van der Waals surface area (Å²) in [6, 6.07) is 0. The van der Waals surface area contributed by atoms with E-state index in [1.807, 2.05) is 0 Å². The maximum atomic E-state index is 11.4. The van der Waals surface area contributed by atoms with E-state index in [1.165, 1.54) is 44.9 Å². The maximum Gasteiger partial charge on any atom is 0.133 e. The molecule has 0 saturated heterocycles. The molecule has 3 aliphatic rings. The fourth-order valence-electron chi connectivity index (χ4n) is 4.96. The largest absolute Gasteiger partial charge is 0.300 e. The third kappa shape index (κ3) is 1.55. The highest BCUT2D eigenvalue weighted by Gasteiger charge is 2.55. The van der Waals surface area contributed by atoms with Crippen LogP contribution in [-0.2, 0) is 4.79 Å². The van der Waals surface area contributed by atoms with Gasteiger partial charge in [-0.3, -0.25) is 4.79 Å². The van der Waals surface area contributed by atoms with Gasteiger partial charge in [0.05, 0.1) is 0 Å². The summed E-state index contributed by atoms with van der Waals surface area (Å²) in [4.78, 5) is 11.4. The van der Waals surface area contributed by atoms with E-state index in [2.05, 4.69) is 6.92 Å². The summed E-state index contributed by atoms with van der Waals surface area (Å²) in [5, 5.41) is 0. The van der Waals surface area contributed by atoms with Gasteiger partial charge in [0.2, 0.25) is 0 Å². The molecule has 16 heavy (non-hydrogen) atoms. The predicted octanol–water partition coefficient (Wildman–Crippen LogP) is 3.96. The molecule has 3 atom stereocenters. The molecule has 90 valence electrons. The molecule has 0 radical (unpaired) electrons. The molecule has 0 aromatic heterocycles. The van der Waals surface area contributed by atoms with Gasteiger partial charge in [0.15, 0.2) is 0 Å². The zero-order chi connectivity index (χ0) is 11.2. The number of fused-ring (bicyclic) bond motifs is 1. The minimum atomic E-state index is 0.534. The Kier molecular flexibility index (Phi) is 2.60. The van der Waals surface area contributed by atoms with Crippen LogP contribution >= 0.6 is 0 Å². The van der Waals surface area contributed by atoms with Crippen molar-refractivity contribution >= 4 is 5.78 Å². The number of Topliss-reactive ketones (excluding diaryl/α,β-unsaturated/α-hetero) is 1. The van der Waals surface area contributed by atoms with Crippen LogP contribution in [0.25, 0.3) is 0 Å². The highest BCUT2D eigenvalue weighted by Crippen LogP contribution is 2.62. The third-order valence-corrected chi connectivity index (χ3v) is 5.88. The average Bonchev–Trinajstić information content (AvgIpc) is 2.29. The molecule has 0 bridgehead atoms. The van der Waals surface area contributed by atoms with Crippen LogP contribution in [0.4, 0.5) is 0 Å². The average molecular weight is 220 g/mol. The molecule has 0 aliphatic heterocycles. The molecule has 0 spiro atoms. The molecular formula is C15H24O. The Labute approximate surface area is 99.0 Å². The molecule has 0 aromatic carbocycles. The van der Waals surface area contributed by atoms with Crippen LogP contribution in [0.15, 0.2) is 0 Å². The predicted molar refractivity (Wildman–Crippen MR) is 65.1 cm³/mol. The lowest BCUT2D eigenvalue weighted by Crippen LogP contribution is -2.53. The van der Waals surface area contributed by atoms with E-state index in [0.29, 0.717) is 11.2 Å². The van der Waals surface area contributed by atoms with Crippen molar-refractivity contribution in [1.82, 2.24) is 0 Å². The summed E-state index contributed by atoms with van der Waals surface area (Å²) in [6.45, 7) is 2.53. The summed E-state index contributed by atoms with van der Waals surface area (Å²) in [5.74, 6) is 3.18. The van der Waals surface area contributed by atoms with Gasteiger partial charge in [0, 0.05) is 12.8 Å². The molecule has 0 amide bonds. The number of carbonyl (C=O) groups is 1. The molecule has 3 saturated carbocycles. The van der Waals surface area contributed by atoms with Crippen molar-refractivity contribution < 1.29 is 4.79 Å². The fraction of sp³-hybridized carbons (Fsp3) is 0.933. The second-order valence-corrected chi connectivity index (χ2v) is 6.69. The van der Waals surface area contributed by atoms with Crippen molar-refractivity contribution in [2.45, 2.75) is 64.7 Å². The molecule has 1 heteroatoms. The monoisotopic (exact) mass is 220 g/mol. The van der Waals surface area contributed by atoms with Gasteiger partial charge in [-0.2, -0.15) is 0 Å². The number of hydrogen-bond acceptors (Lipinski definition) is 1. The van der Waals surface area contributed by atoms with Gasteiger partial charge in [0.1, 0.15) is 5.78 Å². The van der Waals surface area contributed by atoms with Crippen molar-refractivity contribution in [2.24, 2.45) is 23.2 Å². The summed E-state index contributed by atoms with van der Waals surface area (Å²) in [5.41, 5.74) is 0.617. The second-order valence-electron chi connectivity index (χ2n) is 6.69. The maximum absolute atomic E-state index is 11.4. The molecule has 3 aliphatic carbocycles. The van der Waals surface area contributed by atoms with Crippen LogP contribution in [-0.4, -0.2) is 5.78 Å². The Morgan fingerprint density at radius 3 is 2.56 bits per heavy atom. The lowest BCUT2D eigenvalue weighted by atomic mass is 9.45. The van der Waals surface area contributed by atoms with E-state index in [0.717, 1.165) is 30.6 Å². The van der Waals surface area contributed by atoms with Gasteiger partial charge in [-0.1, -0.05) is 26.2 Å². The van der Waals surface area contributed by atoms with E-state index in [-0.39, 0.29) is 0 Å². The van der Waals surface area contributed by atoms with Gasteiger partial charge >= 0.3 is 0 Å². The van der Waals surface area contributed by atoms with E-state index in [4.69, 9.17) is 0 Å². The normalized spacial score (nSPS) is 44.9. The summed E-state index contributed by atoms with van der Waals surface area (Å²) in [6.07, 6.45) is 11.6. The van der Waals surface area contributed by atoms with Crippen molar-refractivity contribution in [3.8, 4) is 0 Å². The highest BCUT2D eigenvalue weighted by molar-refractivity contribution is 5.79. The van der Waals surface area contributed by atoms with E-state index >= 15 is 0 Å². The Morgan fingerprint density at radius 2 is 1.88 bits per heavy atom. The molecular weight excluding hydrogens is 196 g/mol. The smallest absolute Gasteiger partial charge is 0.133 e. The van der Waals surface area contributed by atoms with Crippen molar-refractivity contribution in [2.75, 3.05) is 0 Å². The number of ketones is 1. The van der Waals surface area contributed by atoms with Crippen LogP contribution < -0.4 is 0 Å². The molecule has 3 unspecified atom stereocenters. The third-order valence-electron chi connectivity index (χ3n) is 5.88. The lowest BCUT2D eigenvalue weighted by molar-refractivity contribution is -0.141. The zero-order valence-corrected chi connectivity index (χ0v) is 10.5. The van der Waals surface area contributed by atoms with Gasteiger partial charge in [-0.05, 0) is 48.9 Å². The summed E-state index contributed by atoms with van der Waals surface area (Å²) in [7, 11) is 0. The van der Waals surface area contributed by atoms with Gasteiger partial charge in [-0.15, -0.1) is 0 Å². The van der Waals surface area contributed by atoms with E-state index in [1.54, 1.807) is 0 Å². The fourth-order valence-corrected chi connectivity index (χ4v) is 4.96. The first-order chi connectivity index (χ1) is 7.70. The zero-order valence-electron chi connectivity index (χ0n) is 10.5. The Morgan fingerprint density at radius 1 is 1.12 bits per heavy atom. The molecule has 0 N–H and O–H groups in total. The minimum absolute atomic E-state index is 0.534. The SMILES string of the molecule is CC1(C2CCCCC2)CC2CC(=O)CCC21. The summed E-state index contributed by atoms with van der Waals surface area (Å²) < 4.78 is 0. The van der Waals surface area contributed by atoms with Crippen LogP contribution in [0.3, 0.4) is 0 Å². The number of carbonyl (C=O) groups excluding carboxylic acids is 1. The second kappa shape index (κ2) is 3.85.